The SMILES string of the molecule is COC(=O)c1cc(S(=O)(=O)NCCCCC(=O)O)c(Br)s1. The summed E-state index contributed by atoms with van der Waals surface area (Å²) in [6.45, 7) is 0.130. The van der Waals surface area contributed by atoms with Crippen molar-refractivity contribution in [1.82, 2.24) is 4.72 Å². The van der Waals surface area contributed by atoms with E-state index in [1.54, 1.807) is 0 Å². The van der Waals surface area contributed by atoms with Gasteiger partial charge in [-0.25, -0.2) is 17.9 Å². The molecule has 118 valence electrons. The van der Waals surface area contributed by atoms with Crippen molar-refractivity contribution in [3.05, 3.63) is 14.7 Å². The molecule has 0 spiro atoms. The predicted molar refractivity (Wildman–Crippen MR) is 80.0 cm³/mol. The molecule has 0 amide bonds. The van der Waals surface area contributed by atoms with Crippen molar-refractivity contribution in [3.63, 3.8) is 0 Å². The topological polar surface area (TPSA) is 110 Å². The Bertz CT molecular complexity index is 625. The van der Waals surface area contributed by atoms with Crippen LogP contribution in [0.15, 0.2) is 14.7 Å². The molecule has 0 saturated carbocycles. The molecule has 0 radical (unpaired) electrons. The lowest BCUT2D eigenvalue weighted by Gasteiger charge is -2.05. The number of ether oxygens (including phenoxy) is 1. The van der Waals surface area contributed by atoms with Gasteiger partial charge in [-0.3, -0.25) is 4.79 Å². The first-order valence-electron chi connectivity index (χ1n) is 5.87. The summed E-state index contributed by atoms with van der Waals surface area (Å²) in [7, 11) is -2.54. The highest BCUT2D eigenvalue weighted by Crippen LogP contribution is 2.31. The van der Waals surface area contributed by atoms with Crippen LogP contribution in [0.25, 0.3) is 0 Å². The average Bonchev–Trinajstić information content (AvgIpc) is 2.80. The largest absolute Gasteiger partial charge is 0.481 e. The number of rotatable bonds is 8. The summed E-state index contributed by atoms with van der Waals surface area (Å²) < 4.78 is 31.3. The highest BCUT2D eigenvalue weighted by atomic mass is 79.9. The van der Waals surface area contributed by atoms with E-state index in [4.69, 9.17) is 5.11 Å². The highest BCUT2D eigenvalue weighted by Gasteiger charge is 2.23. The number of thiophene rings is 1. The lowest BCUT2D eigenvalue weighted by molar-refractivity contribution is -0.137. The van der Waals surface area contributed by atoms with E-state index < -0.39 is 22.0 Å². The van der Waals surface area contributed by atoms with Gasteiger partial charge in [-0.1, -0.05) is 0 Å². The van der Waals surface area contributed by atoms with Crippen molar-refractivity contribution in [2.45, 2.75) is 24.2 Å². The first-order valence-corrected chi connectivity index (χ1v) is 8.96. The summed E-state index contributed by atoms with van der Waals surface area (Å²) in [5.41, 5.74) is 0. The maximum atomic E-state index is 12.1. The van der Waals surface area contributed by atoms with Gasteiger partial charge in [-0.05, 0) is 34.8 Å². The molecule has 1 aromatic heterocycles. The molecule has 10 heteroatoms. The fraction of sp³-hybridized carbons (Fsp3) is 0.455. The number of hydrogen-bond donors (Lipinski definition) is 2. The van der Waals surface area contributed by atoms with Crippen LogP contribution in [0.1, 0.15) is 28.9 Å². The number of unbranched alkanes of at least 4 members (excludes halogenated alkanes) is 1. The van der Waals surface area contributed by atoms with Gasteiger partial charge >= 0.3 is 11.9 Å². The molecule has 0 aliphatic heterocycles. The number of halogens is 1. The van der Waals surface area contributed by atoms with Crippen molar-refractivity contribution >= 4 is 49.2 Å². The Kier molecular flexibility index (Phi) is 6.78. The number of esters is 1. The molecule has 1 heterocycles. The fourth-order valence-electron chi connectivity index (χ4n) is 1.42. The number of sulfonamides is 1. The Hall–Kier alpha value is -0.970. The van der Waals surface area contributed by atoms with Gasteiger partial charge in [0.15, 0.2) is 0 Å². The Balaban J connectivity index is 2.68. The third kappa shape index (κ3) is 5.38. The molecule has 0 bridgehead atoms. The summed E-state index contributed by atoms with van der Waals surface area (Å²) in [5, 5.41) is 8.48. The standard InChI is InChI=1S/C11H14BrNO6S2/c1-19-11(16)7-6-8(10(12)20-7)21(17,18)13-5-3-2-4-9(14)15/h6,13H,2-5H2,1H3,(H,14,15). The van der Waals surface area contributed by atoms with Gasteiger partial charge in [0.2, 0.25) is 10.0 Å². The number of hydrogen-bond acceptors (Lipinski definition) is 6. The van der Waals surface area contributed by atoms with E-state index in [0.29, 0.717) is 16.6 Å². The number of carboxylic acids is 1. The number of carboxylic acid groups (broad SMARTS) is 1. The van der Waals surface area contributed by atoms with Crippen LogP contribution in [0.5, 0.6) is 0 Å². The van der Waals surface area contributed by atoms with Gasteiger partial charge in [0.05, 0.1) is 10.9 Å². The number of nitrogens with one attached hydrogen (secondary N) is 1. The molecule has 0 fully saturated rings. The maximum Gasteiger partial charge on any atom is 0.348 e. The van der Waals surface area contributed by atoms with Crippen molar-refractivity contribution in [2.24, 2.45) is 0 Å². The van der Waals surface area contributed by atoms with Crippen molar-refractivity contribution in [1.29, 1.82) is 0 Å². The summed E-state index contributed by atoms with van der Waals surface area (Å²) in [6, 6.07) is 1.24. The van der Waals surface area contributed by atoms with Gasteiger partial charge in [0.1, 0.15) is 9.77 Å². The first kappa shape index (κ1) is 18.1. The van der Waals surface area contributed by atoms with E-state index >= 15 is 0 Å². The smallest absolute Gasteiger partial charge is 0.348 e. The van der Waals surface area contributed by atoms with Crippen LogP contribution in [0.3, 0.4) is 0 Å². The monoisotopic (exact) mass is 399 g/mol. The second kappa shape index (κ2) is 7.87. The third-order valence-electron chi connectivity index (χ3n) is 2.44. The van der Waals surface area contributed by atoms with Gasteiger partial charge in [-0.2, -0.15) is 0 Å². The Morgan fingerprint density at radius 3 is 2.67 bits per heavy atom. The minimum Gasteiger partial charge on any atom is -0.481 e. The molecule has 1 rings (SSSR count). The summed E-state index contributed by atoms with van der Waals surface area (Å²) >= 11 is 4.07. The zero-order valence-corrected chi connectivity index (χ0v) is 14.3. The van der Waals surface area contributed by atoms with Crippen LogP contribution < -0.4 is 4.72 Å². The highest BCUT2D eigenvalue weighted by molar-refractivity contribution is 9.11. The van der Waals surface area contributed by atoms with E-state index in [-0.39, 0.29) is 22.7 Å². The number of carbonyl (C=O) groups excluding carboxylic acids is 1. The number of methoxy groups -OCH3 is 1. The molecule has 0 atom stereocenters. The number of carbonyl (C=O) groups is 2. The zero-order valence-electron chi connectivity index (χ0n) is 11.1. The summed E-state index contributed by atoms with van der Waals surface area (Å²) in [5.74, 6) is -1.52. The molecule has 7 nitrogen and oxygen atoms in total. The second-order valence-electron chi connectivity index (χ2n) is 3.99. The zero-order chi connectivity index (χ0) is 16.0. The minimum absolute atomic E-state index is 0.00361. The normalized spacial score (nSPS) is 11.3. The van der Waals surface area contributed by atoms with Crippen LogP contribution in [0, 0.1) is 0 Å². The van der Waals surface area contributed by atoms with Gasteiger partial charge in [0, 0.05) is 13.0 Å². The molecule has 0 aliphatic carbocycles. The lowest BCUT2D eigenvalue weighted by atomic mass is 10.2. The lowest BCUT2D eigenvalue weighted by Crippen LogP contribution is -2.24. The van der Waals surface area contributed by atoms with Gasteiger partial charge < -0.3 is 9.84 Å². The second-order valence-corrected chi connectivity index (χ2v) is 8.09. The molecule has 0 saturated heterocycles. The van der Waals surface area contributed by atoms with E-state index in [0.717, 1.165) is 11.3 Å². The van der Waals surface area contributed by atoms with E-state index in [1.807, 2.05) is 0 Å². The molecule has 1 aromatic rings. The Morgan fingerprint density at radius 1 is 1.43 bits per heavy atom. The van der Waals surface area contributed by atoms with Crippen molar-refractivity contribution < 1.29 is 27.9 Å². The predicted octanol–water partition coefficient (Wildman–Crippen LogP) is 1.83. The van der Waals surface area contributed by atoms with E-state index in [9.17, 15) is 18.0 Å². The minimum atomic E-state index is -3.75. The molecular weight excluding hydrogens is 386 g/mol. The van der Waals surface area contributed by atoms with Crippen molar-refractivity contribution in [2.75, 3.05) is 13.7 Å². The van der Waals surface area contributed by atoms with Crippen LogP contribution in [0.2, 0.25) is 0 Å². The van der Waals surface area contributed by atoms with Crippen LogP contribution >= 0.6 is 27.3 Å². The molecule has 0 unspecified atom stereocenters. The number of aliphatic carboxylic acids is 1. The quantitative estimate of drug-likeness (QED) is 0.509. The van der Waals surface area contributed by atoms with Crippen molar-refractivity contribution in [3.8, 4) is 0 Å². The Morgan fingerprint density at radius 2 is 2.10 bits per heavy atom. The van der Waals surface area contributed by atoms with Crippen LogP contribution in [0.4, 0.5) is 0 Å². The van der Waals surface area contributed by atoms with Crippen LogP contribution in [-0.2, 0) is 19.6 Å². The van der Waals surface area contributed by atoms with E-state index in [1.165, 1.54) is 13.2 Å². The molecule has 2 N–H and O–H groups in total. The molecule has 0 aliphatic rings. The maximum absolute atomic E-state index is 12.1. The van der Waals surface area contributed by atoms with Crippen LogP contribution in [-0.4, -0.2) is 39.1 Å². The fourth-order valence-corrected chi connectivity index (χ4v) is 4.98. The Labute approximate surface area is 134 Å². The van der Waals surface area contributed by atoms with Gasteiger partial charge in [-0.15, -0.1) is 11.3 Å². The first-order chi connectivity index (χ1) is 9.77. The summed E-state index contributed by atoms with van der Waals surface area (Å²) in [4.78, 5) is 21.8. The van der Waals surface area contributed by atoms with E-state index in [2.05, 4.69) is 25.4 Å². The molecule has 0 aromatic carbocycles. The molecule has 21 heavy (non-hydrogen) atoms. The average molecular weight is 400 g/mol. The van der Waals surface area contributed by atoms with Gasteiger partial charge in [0.25, 0.3) is 0 Å². The molecular formula is C11H14BrNO6S2. The third-order valence-corrected chi connectivity index (χ3v) is 6.13. The summed E-state index contributed by atoms with van der Waals surface area (Å²) in [6.07, 6.45) is 0.795.